The van der Waals surface area contributed by atoms with E-state index in [0.717, 1.165) is 29.1 Å². The zero-order chi connectivity index (χ0) is 25.8. The van der Waals surface area contributed by atoms with E-state index in [2.05, 4.69) is 40.0 Å². The Kier molecular flexibility index (Phi) is 9.31. The van der Waals surface area contributed by atoms with Crippen LogP contribution in [0.2, 0.25) is 0 Å². The first-order valence-electron chi connectivity index (χ1n) is 11.8. The van der Waals surface area contributed by atoms with Gasteiger partial charge in [0.15, 0.2) is 5.84 Å². The fourth-order valence-corrected chi connectivity index (χ4v) is 5.38. The molecule has 35 heavy (non-hydrogen) atoms. The summed E-state index contributed by atoms with van der Waals surface area (Å²) in [6.45, 7) is 13.6. The van der Waals surface area contributed by atoms with Crippen LogP contribution >= 0.6 is 30.3 Å². The number of carbonyl (C=O) groups is 1. The fraction of sp³-hybridized carbons (Fsp3) is 0.462. The van der Waals surface area contributed by atoms with Crippen molar-refractivity contribution in [2.45, 2.75) is 59.6 Å². The predicted octanol–water partition coefficient (Wildman–Crippen LogP) is 7.02. The molecule has 1 saturated heterocycles. The van der Waals surface area contributed by atoms with Crippen LogP contribution in [0.5, 0.6) is 0 Å². The van der Waals surface area contributed by atoms with Gasteiger partial charge in [-0.05, 0) is 47.1 Å². The molecule has 0 radical (unpaired) electrons. The number of hydrogen-bond donors (Lipinski definition) is 0. The molecule has 1 aromatic rings. The van der Waals surface area contributed by atoms with E-state index in [-0.39, 0.29) is 18.0 Å². The molecule has 1 amide bonds. The van der Waals surface area contributed by atoms with Crippen molar-refractivity contribution >= 4 is 47.8 Å². The number of benzene rings is 1. The van der Waals surface area contributed by atoms with Crippen LogP contribution in [0.3, 0.4) is 0 Å². The van der Waals surface area contributed by atoms with Crippen LogP contribution in [0.25, 0.3) is 5.57 Å². The third-order valence-electron chi connectivity index (χ3n) is 5.82. The number of hydrogen-bond acceptors (Lipinski definition) is 5. The molecule has 190 valence electrons. The summed E-state index contributed by atoms with van der Waals surface area (Å²) in [6.07, 6.45) is 6.35. The van der Waals surface area contributed by atoms with Gasteiger partial charge >= 0.3 is 6.09 Å². The van der Waals surface area contributed by atoms with E-state index in [1.54, 1.807) is 17.0 Å². The van der Waals surface area contributed by atoms with Crippen molar-refractivity contribution in [3.05, 3.63) is 65.4 Å². The highest BCUT2D eigenvalue weighted by atomic mass is 127. The zero-order valence-corrected chi connectivity index (χ0v) is 24.2. The van der Waals surface area contributed by atoms with Crippen molar-refractivity contribution in [2.75, 3.05) is 19.6 Å². The number of rotatable bonds is 5. The lowest BCUT2D eigenvalue weighted by molar-refractivity contribution is 0.00496. The first kappa shape index (κ1) is 27.6. The SMILES string of the molecule is CC/C=C/N=C1/C(=C(\C)N2CCN(C(=O)OC(C)(C)C)C(C)C2)C(c2ccccc2F)=CN1SI. The summed E-state index contributed by atoms with van der Waals surface area (Å²) in [5.74, 6) is 0.503. The molecule has 1 unspecified atom stereocenters. The summed E-state index contributed by atoms with van der Waals surface area (Å²) in [7, 11) is 1.50. The third kappa shape index (κ3) is 6.61. The van der Waals surface area contributed by atoms with E-state index < -0.39 is 5.60 Å². The Balaban J connectivity index is 1.99. The number of amides is 1. The summed E-state index contributed by atoms with van der Waals surface area (Å²) in [6, 6.07) is 6.80. The van der Waals surface area contributed by atoms with Crippen molar-refractivity contribution in [3.63, 3.8) is 0 Å². The van der Waals surface area contributed by atoms with Crippen LogP contribution in [0.4, 0.5) is 9.18 Å². The highest BCUT2D eigenvalue weighted by molar-refractivity contribution is 14.2. The molecule has 2 heterocycles. The molecule has 3 rings (SSSR count). The second-order valence-corrected chi connectivity index (χ2v) is 11.3. The van der Waals surface area contributed by atoms with Gasteiger partial charge in [-0.25, -0.2) is 14.2 Å². The molecule has 0 saturated carbocycles. The van der Waals surface area contributed by atoms with Gasteiger partial charge in [0.2, 0.25) is 0 Å². The second kappa shape index (κ2) is 11.8. The molecular weight excluding hydrogens is 578 g/mol. The maximum absolute atomic E-state index is 14.9. The molecule has 0 aliphatic carbocycles. The molecule has 6 nitrogen and oxygen atoms in total. The van der Waals surface area contributed by atoms with Gasteiger partial charge in [-0.3, -0.25) is 4.31 Å². The van der Waals surface area contributed by atoms with Gasteiger partial charge < -0.3 is 14.5 Å². The van der Waals surface area contributed by atoms with Crippen LogP contribution < -0.4 is 0 Å². The van der Waals surface area contributed by atoms with Crippen molar-refractivity contribution in [1.82, 2.24) is 14.1 Å². The Labute approximate surface area is 224 Å². The molecule has 0 N–H and O–H groups in total. The molecule has 9 heteroatoms. The largest absolute Gasteiger partial charge is 0.444 e. The highest BCUT2D eigenvalue weighted by Gasteiger charge is 2.35. The molecule has 1 fully saturated rings. The van der Waals surface area contributed by atoms with E-state index in [1.165, 1.54) is 15.2 Å². The number of amidine groups is 1. The normalized spacial score (nSPS) is 21.7. The number of piperazine rings is 1. The maximum Gasteiger partial charge on any atom is 0.410 e. The van der Waals surface area contributed by atoms with Crippen LogP contribution in [0.1, 0.15) is 53.5 Å². The summed E-state index contributed by atoms with van der Waals surface area (Å²) < 4.78 is 22.5. The minimum Gasteiger partial charge on any atom is -0.444 e. The van der Waals surface area contributed by atoms with Gasteiger partial charge in [-0.15, -0.1) is 0 Å². The molecule has 1 aromatic carbocycles. The fourth-order valence-electron chi connectivity index (χ4n) is 4.13. The Hall–Kier alpha value is -2.01. The second-order valence-electron chi connectivity index (χ2n) is 9.59. The first-order chi connectivity index (χ1) is 16.6. The monoisotopic (exact) mass is 612 g/mol. The number of allylic oxidation sites excluding steroid dienone is 2. The number of nitrogens with zero attached hydrogens (tertiary/aromatic N) is 4. The molecule has 2 aliphatic rings. The molecular formula is C26H34FIN4O2S. The lowest BCUT2D eigenvalue weighted by atomic mass is 9.97. The van der Waals surface area contributed by atoms with E-state index in [1.807, 2.05) is 56.5 Å². The highest BCUT2D eigenvalue weighted by Crippen LogP contribution is 2.41. The summed E-state index contributed by atoms with van der Waals surface area (Å²) in [5.41, 5.74) is 2.72. The lowest BCUT2D eigenvalue weighted by Gasteiger charge is -2.42. The number of halogens is 2. The molecule has 1 atom stereocenters. The van der Waals surface area contributed by atoms with Gasteiger partial charge in [-0.2, -0.15) is 0 Å². The number of aliphatic imine (C=N–C) groups is 1. The first-order valence-corrected chi connectivity index (χ1v) is 15.1. The summed E-state index contributed by atoms with van der Waals surface area (Å²) >= 11 is 2.22. The smallest absolute Gasteiger partial charge is 0.410 e. The Morgan fingerprint density at radius 3 is 2.63 bits per heavy atom. The van der Waals surface area contributed by atoms with Gasteiger partial charge in [0.1, 0.15) is 11.4 Å². The Morgan fingerprint density at radius 1 is 1.31 bits per heavy atom. The van der Waals surface area contributed by atoms with E-state index in [4.69, 9.17) is 9.73 Å². The standard InChI is InChI=1S/C26H34FIN4O2S/c1-7-8-13-29-24-23(21(17-32(24)35-28)20-11-9-10-12-22(20)27)19(3)30-14-15-31(18(2)16-30)25(33)34-26(4,5)6/h8-13,17-18H,7,14-16H2,1-6H3/b13-8+,23-19+,29-24-. The summed E-state index contributed by atoms with van der Waals surface area (Å²) in [5, 5.41) is 0. The number of carbonyl (C=O) groups excluding carboxylic acids is 1. The van der Waals surface area contributed by atoms with Crippen molar-refractivity contribution in [1.29, 1.82) is 0 Å². The molecule has 0 bridgehead atoms. The van der Waals surface area contributed by atoms with Crippen LogP contribution in [0, 0.1) is 5.82 Å². The van der Waals surface area contributed by atoms with Crippen LogP contribution in [-0.2, 0) is 4.74 Å². The topological polar surface area (TPSA) is 48.4 Å². The quantitative estimate of drug-likeness (QED) is 0.264. The Bertz CT molecular complexity index is 1060. The summed E-state index contributed by atoms with van der Waals surface area (Å²) in [4.78, 5) is 21.5. The third-order valence-corrected chi connectivity index (χ3v) is 7.52. The van der Waals surface area contributed by atoms with E-state index in [9.17, 15) is 9.18 Å². The average Bonchev–Trinajstić information content (AvgIpc) is 3.16. The van der Waals surface area contributed by atoms with Gasteiger partial charge in [0.25, 0.3) is 0 Å². The zero-order valence-electron chi connectivity index (χ0n) is 21.2. The molecule has 2 aliphatic heterocycles. The predicted molar refractivity (Wildman–Crippen MR) is 151 cm³/mol. The van der Waals surface area contributed by atoms with Crippen molar-refractivity contribution in [3.8, 4) is 0 Å². The number of ether oxygens (including phenoxy) is 1. The van der Waals surface area contributed by atoms with E-state index >= 15 is 0 Å². The minimum absolute atomic E-state index is 0.0353. The van der Waals surface area contributed by atoms with Crippen LogP contribution in [0.15, 0.2) is 59.0 Å². The minimum atomic E-state index is -0.535. The molecule has 0 aromatic heterocycles. The molecule has 0 spiro atoms. The average molecular weight is 613 g/mol. The van der Waals surface area contributed by atoms with Gasteiger partial charge in [0, 0.05) is 90.8 Å². The van der Waals surface area contributed by atoms with Crippen molar-refractivity contribution in [2.24, 2.45) is 4.99 Å². The Morgan fingerprint density at radius 2 is 2.03 bits per heavy atom. The lowest BCUT2D eigenvalue weighted by Crippen LogP contribution is -2.54. The van der Waals surface area contributed by atoms with Crippen molar-refractivity contribution < 1.29 is 13.9 Å². The maximum atomic E-state index is 14.9. The van der Waals surface area contributed by atoms with Crippen LogP contribution in [-0.4, -0.2) is 57.3 Å². The van der Waals surface area contributed by atoms with E-state index in [0.29, 0.717) is 25.2 Å². The van der Waals surface area contributed by atoms with Gasteiger partial charge in [0.05, 0.1) is 0 Å². The van der Waals surface area contributed by atoms with Gasteiger partial charge in [-0.1, -0.05) is 31.2 Å².